The summed E-state index contributed by atoms with van der Waals surface area (Å²) in [6.07, 6.45) is -0.897. The molecule has 16 heavy (non-hydrogen) atoms. The molecule has 0 aliphatic rings. The van der Waals surface area contributed by atoms with Crippen molar-refractivity contribution in [3.63, 3.8) is 0 Å². The van der Waals surface area contributed by atoms with Crippen molar-refractivity contribution in [2.45, 2.75) is 6.43 Å². The first-order valence-electron chi connectivity index (χ1n) is 4.49. The molecule has 0 atom stereocenters. The van der Waals surface area contributed by atoms with Gasteiger partial charge in [-0.05, 0) is 12.1 Å². The molecule has 0 bridgehead atoms. The maximum Gasteiger partial charge on any atom is 0.267 e. The summed E-state index contributed by atoms with van der Waals surface area (Å²) >= 11 is 0. The molecular weight excluding hydrogens is 218 g/mol. The lowest BCUT2D eigenvalue weighted by atomic mass is 10.2. The zero-order valence-corrected chi connectivity index (χ0v) is 8.35. The fraction of sp³-hybridized carbons (Fsp3) is 0.200. The number of aldehydes is 1. The number of carbonyl (C=O) groups is 1. The van der Waals surface area contributed by atoms with Crippen LogP contribution < -0.4 is 0 Å². The summed E-state index contributed by atoms with van der Waals surface area (Å²) in [5, 5.41) is 3.88. The van der Waals surface area contributed by atoms with E-state index in [9.17, 15) is 13.6 Å². The smallest absolute Gasteiger partial charge is 0.267 e. The molecule has 2 heterocycles. The third kappa shape index (κ3) is 1.73. The van der Waals surface area contributed by atoms with Gasteiger partial charge in [0.2, 0.25) is 0 Å². The van der Waals surface area contributed by atoms with Crippen LogP contribution in [0.5, 0.6) is 0 Å². The van der Waals surface area contributed by atoms with Crippen LogP contribution in [0.3, 0.4) is 0 Å². The molecule has 84 valence electrons. The van der Waals surface area contributed by atoms with Gasteiger partial charge >= 0.3 is 0 Å². The minimum atomic E-state index is -2.63. The molecule has 0 aliphatic carbocycles. The van der Waals surface area contributed by atoms with Crippen LogP contribution in [-0.2, 0) is 7.05 Å². The second-order valence-corrected chi connectivity index (χ2v) is 3.23. The molecule has 0 fully saturated rings. The quantitative estimate of drug-likeness (QED) is 0.755. The molecule has 0 amide bonds. The van der Waals surface area contributed by atoms with E-state index in [0.717, 1.165) is 0 Å². The van der Waals surface area contributed by atoms with Gasteiger partial charge in [-0.2, -0.15) is 5.10 Å². The third-order valence-electron chi connectivity index (χ3n) is 2.07. The first kappa shape index (κ1) is 10.5. The lowest BCUT2D eigenvalue weighted by Gasteiger charge is -1.96. The van der Waals surface area contributed by atoms with Gasteiger partial charge in [-0.3, -0.25) is 9.48 Å². The monoisotopic (exact) mass is 226 g/mol. The van der Waals surface area contributed by atoms with Crippen LogP contribution >= 0.6 is 0 Å². The summed E-state index contributed by atoms with van der Waals surface area (Å²) in [6, 6.07) is 2.85. The van der Waals surface area contributed by atoms with Crippen molar-refractivity contribution in [1.29, 1.82) is 0 Å². The van der Waals surface area contributed by atoms with Gasteiger partial charge < -0.3 is 4.42 Å². The molecule has 0 aliphatic heterocycles. The first-order valence-corrected chi connectivity index (χ1v) is 4.49. The molecule has 6 heteroatoms. The van der Waals surface area contributed by atoms with E-state index in [1.165, 1.54) is 23.0 Å². The summed E-state index contributed by atoms with van der Waals surface area (Å²) in [5.74, 6) is 0.249. The van der Waals surface area contributed by atoms with E-state index < -0.39 is 6.43 Å². The van der Waals surface area contributed by atoms with E-state index in [2.05, 4.69) is 5.10 Å². The van der Waals surface area contributed by atoms with Crippen molar-refractivity contribution >= 4 is 6.29 Å². The largest absolute Gasteiger partial charge is 0.452 e. The maximum absolute atomic E-state index is 12.7. The molecule has 0 saturated heterocycles. The Morgan fingerprint density at radius 3 is 2.81 bits per heavy atom. The molecule has 0 radical (unpaired) electrons. The number of rotatable bonds is 3. The fourth-order valence-corrected chi connectivity index (χ4v) is 1.40. The average molecular weight is 226 g/mol. The first-order chi connectivity index (χ1) is 7.61. The van der Waals surface area contributed by atoms with Gasteiger partial charge in [-0.1, -0.05) is 0 Å². The standard InChI is InChI=1S/C10H8F2N2O2/c1-14-4-7(10(11)12)9(13-14)8-3-2-6(5-15)16-8/h2-5,10H,1H3. The van der Waals surface area contributed by atoms with Crippen LogP contribution in [-0.4, -0.2) is 16.1 Å². The van der Waals surface area contributed by atoms with Crippen molar-refractivity contribution in [3.05, 3.63) is 29.7 Å². The van der Waals surface area contributed by atoms with Gasteiger partial charge in [0.05, 0.1) is 5.56 Å². The second-order valence-electron chi connectivity index (χ2n) is 3.23. The molecule has 0 N–H and O–H groups in total. The lowest BCUT2D eigenvalue weighted by Crippen LogP contribution is -1.87. The summed E-state index contributed by atoms with van der Waals surface area (Å²) in [4.78, 5) is 10.4. The van der Waals surface area contributed by atoms with Crippen molar-refractivity contribution in [2.24, 2.45) is 7.05 Å². The highest BCUT2D eigenvalue weighted by Crippen LogP contribution is 2.30. The van der Waals surface area contributed by atoms with Crippen LogP contribution in [0.4, 0.5) is 8.78 Å². The van der Waals surface area contributed by atoms with Gasteiger partial charge in [0.15, 0.2) is 17.8 Å². The van der Waals surface area contributed by atoms with Crippen LogP contribution in [0.25, 0.3) is 11.5 Å². The highest BCUT2D eigenvalue weighted by Gasteiger charge is 2.20. The molecule has 4 nitrogen and oxygen atoms in total. The molecule has 2 aromatic rings. The Balaban J connectivity index is 2.50. The SMILES string of the molecule is Cn1cc(C(F)F)c(-c2ccc(C=O)o2)n1. The molecule has 0 saturated carbocycles. The van der Waals surface area contributed by atoms with E-state index >= 15 is 0 Å². The minimum absolute atomic E-state index is 0.0607. The molecule has 0 unspecified atom stereocenters. The predicted octanol–water partition coefficient (Wildman–Crippen LogP) is 2.43. The number of nitrogens with zero attached hydrogens (tertiary/aromatic N) is 2. The highest BCUT2D eigenvalue weighted by molar-refractivity contribution is 5.72. The van der Waals surface area contributed by atoms with Gasteiger partial charge in [-0.15, -0.1) is 0 Å². The number of hydrogen-bond acceptors (Lipinski definition) is 3. The zero-order chi connectivity index (χ0) is 11.7. The number of halogens is 2. The Hall–Kier alpha value is -1.98. The number of hydrogen-bond donors (Lipinski definition) is 0. The summed E-state index contributed by atoms with van der Waals surface area (Å²) in [6.45, 7) is 0. The van der Waals surface area contributed by atoms with Crippen molar-refractivity contribution < 1.29 is 18.0 Å². The number of carbonyl (C=O) groups excluding carboxylic acids is 1. The van der Waals surface area contributed by atoms with Gasteiger partial charge in [0.1, 0.15) is 5.69 Å². The topological polar surface area (TPSA) is 48.0 Å². The predicted molar refractivity (Wildman–Crippen MR) is 51.3 cm³/mol. The molecule has 2 aromatic heterocycles. The number of aryl methyl sites for hydroxylation is 1. The number of alkyl halides is 2. The Kier molecular flexibility index (Phi) is 2.55. The van der Waals surface area contributed by atoms with Gasteiger partial charge in [0.25, 0.3) is 6.43 Å². The van der Waals surface area contributed by atoms with Crippen molar-refractivity contribution in [1.82, 2.24) is 9.78 Å². The Labute approximate surface area is 89.5 Å². The molecule has 0 aromatic carbocycles. The second kappa shape index (κ2) is 3.88. The van der Waals surface area contributed by atoms with E-state index in [1.54, 1.807) is 7.05 Å². The van der Waals surface area contributed by atoms with Crippen LogP contribution in [0.2, 0.25) is 0 Å². The maximum atomic E-state index is 12.7. The lowest BCUT2D eigenvalue weighted by molar-refractivity contribution is 0.110. The number of aromatic nitrogens is 2. The molecule has 0 spiro atoms. The average Bonchev–Trinajstić information content (AvgIpc) is 2.82. The third-order valence-corrected chi connectivity index (χ3v) is 2.07. The van der Waals surface area contributed by atoms with E-state index in [-0.39, 0.29) is 22.8 Å². The Bertz CT molecular complexity index is 517. The summed E-state index contributed by atoms with van der Waals surface area (Å²) in [7, 11) is 1.54. The zero-order valence-electron chi connectivity index (χ0n) is 8.35. The van der Waals surface area contributed by atoms with Gasteiger partial charge in [0, 0.05) is 13.2 Å². The van der Waals surface area contributed by atoms with Crippen molar-refractivity contribution in [3.8, 4) is 11.5 Å². The fourth-order valence-electron chi connectivity index (χ4n) is 1.40. The van der Waals surface area contributed by atoms with Gasteiger partial charge in [-0.25, -0.2) is 8.78 Å². The van der Waals surface area contributed by atoms with E-state index in [4.69, 9.17) is 4.42 Å². The van der Waals surface area contributed by atoms with Crippen LogP contribution in [0, 0.1) is 0 Å². The highest BCUT2D eigenvalue weighted by atomic mass is 19.3. The van der Waals surface area contributed by atoms with Crippen LogP contribution in [0.1, 0.15) is 22.5 Å². The Morgan fingerprint density at radius 2 is 2.25 bits per heavy atom. The Morgan fingerprint density at radius 1 is 1.50 bits per heavy atom. The summed E-state index contributed by atoms with van der Waals surface area (Å²) in [5.41, 5.74) is -0.153. The number of furan rings is 1. The summed E-state index contributed by atoms with van der Waals surface area (Å²) < 4.78 is 31.6. The van der Waals surface area contributed by atoms with Crippen LogP contribution in [0.15, 0.2) is 22.7 Å². The normalized spacial score (nSPS) is 11.0. The minimum Gasteiger partial charge on any atom is -0.452 e. The molecular formula is C10H8F2N2O2. The van der Waals surface area contributed by atoms with Crippen molar-refractivity contribution in [2.75, 3.05) is 0 Å². The van der Waals surface area contributed by atoms with E-state index in [1.807, 2.05) is 0 Å². The molecule has 2 rings (SSSR count). The van der Waals surface area contributed by atoms with E-state index in [0.29, 0.717) is 6.29 Å².